The highest BCUT2D eigenvalue weighted by molar-refractivity contribution is 7.85. The summed E-state index contributed by atoms with van der Waals surface area (Å²) in [6, 6.07) is 8.79. The van der Waals surface area contributed by atoms with Crippen molar-refractivity contribution in [2.24, 2.45) is 0 Å². The Bertz CT molecular complexity index is 826. The van der Waals surface area contributed by atoms with Gasteiger partial charge in [-0.1, -0.05) is 19.1 Å². The van der Waals surface area contributed by atoms with E-state index in [0.717, 1.165) is 18.2 Å². The van der Waals surface area contributed by atoms with Gasteiger partial charge in [0.2, 0.25) is 0 Å². The van der Waals surface area contributed by atoms with Crippen molar-refractivity contribution >= 4 is 28.4 Å². The van der Waals surface area contributed by atoms with Crippen molar-refractivity contribution in [3.05, 3.63) is 59.7 Å². The first-order chi connectivity index (χ1) is 11.9. The first kappa shape index (κ1) is 18.7. The fraction of sp³-hybridized carbons (Fsp3) is 0.176. The lowest BCUT2D eigenvalue weighted by atomic mass is 10.2. The summed E-state index contributed by atoms with van der Waals surface area (Å²) in [6.45, 7) is 1.01. The van der Waals surface area contributed by atoms with Crippen LogP contribution in [0.1, 0.15) is 17.3 Å². The highest BCUT2D eigenvalue weighted by Crippen LogP contribution is 2.16. The molecule has 0 fully saturated rings. The number of hydrogen-bond acceptors (Lipinski definition) is 4. The van der Waals surface area contributed by atoms with Gasteiger partial charge < -0.3 is 10.1 Å². The second-order valence-electron chi connectivity index (χ2n) is 4.88. The third kappa shape index (κ3) is 4.93. The van der Waals surface area contributed by atoms with Gasteiger partial charge in [-0.25, -0.2) is 13.6 Å². The molecule has 0 heterocycles. The fourth-order valence-corrected chi connectivity index (χ4v) is 2.92. The number of hydrogen-bond donors (Lipinski definition) is 1. The molecule has 2 rings (SSSR count). The molecule has 25 heavy (non-hydrogen) atoms. The van der Waals surface area contributed by atoms with Crippen molar-refractivity contribution in [2.45, 2.75) is 11.8 Å². The van der Waals surface area contributed by atoms with Gasteiger partial charge >= 0.3 is 5.97 Å². The molecule has 132 valence electrons. The number of ether oxygens (including phenoxy) is 1. The number of esters is 1. The van der Waals surface area contributed by atoms with Crippen molar-refractivity contribution < 1.29 is 27.3 Å². The van der Waals surface area contributed by atoms with Crippen LogP contribution in [0.25, 0.3) is 0 Å². The molecule has 0 saturated carbocycles. The van der Waals surface area contributed by atoms with Crippen LogP contribution >= 0.6 is 0 Å². The molecule has 2 aromatic rings. The molecule has 0 aliphatic rings. The summed E-state index contributed by atoms with van der Waals surface area (Å²) < 4.78 is 43.3. The van der Waals surface area contributed by atoms with Gasteiger partial charge in [-0.3, -0.25) is 9.00 Å². The van der Waals surface area contributed by atoms with Gasteiger partial charge in [-0.15, -0.1) is 0 Å². The van der Waals surface area contributed by atoms with E-state index in [1.165, 1.54) is 6.07 Å². The Kier molecular flexibility index (Phi) is 6.35. The van der Waals surface area contributed by atoms with Crippen LogP contribution in [0.15, 0.2) is 47.4 Å². The Hall–Kier alpha value is -2.61. The van der Waals surface area contributed by atoms with E-state index >= 15 is 0 Å². The number of nitrogens with one attached hydrogen (secondary N) is 1. The van der Waals surface area contributed by atoms with E-state index in [1.54, 1.807) is 25.1 Å². The minimum Gasteiger partial charge on any atom is -0.452 e. The van der Waals surface area contributed by atoms with Gasteiger partial charge in [0.05, 0.1) is 26.9 Å². The molecule has 0 bridgehead atoms. The molecule has 1 atom stereocenters. The van der Waals surface area contributed by atoms with Gasteiger partial charge in [0.15, 0.2) is 6.61 Å². The van der Waals surface area contributed by atoms with Crippen LogP contribution in [0.4, 0.5) is 14.5 Å². The molecule has 8 heteroatoms. The van der Waals surface area contributed by atoms with Crippen molar-refractivity contribution in [2.75, 3.05) is 17.7 Å². The standard InChI is InChI=1S/C17H15F2NO4S/c1-2-25(23)15-6-4-3-5-12(15)17(22)24-10-16(21)20-14-9-11(18)7-8-13(14)19/h3-9H,2,10H2,1H3,(H,20,21)/t25-/m1/s1. The van der Waals surface area contributed by atoms with Gasteiger partial charge in [0, 0.05) is 11.8 Å². The maximum absolute atomic E-state index is 13.5. The number of anilines is 1. The number of carbonyl (C=O) groups is 2. The molecule has 0 radical (unpaired) electrons. The number of carbonyl (C=O) groups excluding carboxylic acids is 2. The quantitative estimate of drug-likeness (QED) is 0.797. The van der Waals surface area contributed by atoms with Crippen LogP contribution in [0.5, 0.6) is 0 Å². The largest absolute Gasteiger partial charge is 0.452 e. The van der Waals surface area contributed by atoms with Crippen LogP contribution in [0.3, 0.4) is 0 Å². The number of halogens is 2. The highest BCUT2D eigenvalue weighted by Gasteiger charge is 2.17. The predicted octanol–water partition coefficient (Wildman–Crippen LogP) is 2.89. The SMILES string of the molecule is CC[S@@](=O)c1ccccc1C(=O)OCC(=O)Nc1cc(F)ccc1F. The Balaban J connectivity index is 2.02. The Morgan fingerprint density at radius 1 is 1.16 bits per heavy atom. The lowest BCUT2D eigenvalue weighted by Crippen LogP contribution is -2.22. The Morgan fingerprint density at radius 2 is 1.88 bits per heavy atom. The third-order valence-electron chi connectivity index (χ3n) is 3.15. The average molecular weight is 367 g/mol. The number of benzene rings is 2. The molecular weight excluding hydrogens is 352 g/mol. The summed E-state index contributed by atoms with van der Waals surface area (Å²) in [5.74, 6) is -2.86. The minimum absolute atomic E-state index is 0.0902. The monoisotopic (exact) mass is 367 g/mol. The van der Waals surface area contributed by atoms with E-state index in [9.17, 15) is 22.6 Å². The first-order valence-electron chi connectivity index (χ1n) is 7.31. The van der Waals surface area contributed by atoms with Crippen molar-refractivity contribution in [3.63, 3.8) is 0 Å². The minimum atomic E-state index is -1.37. The maximum atomic E-state index is 13.5. The zero-order valence-electron chi connectivity index (χ0n) is 13.3. The third-order valence-corrected chi connectivity index (χ3v) is 4.52. The molecular formula is C17H15F2NO4S. The molecule has 0 aliphatic carbocycles. The smallest absolute Gasteiger partial charge is 0.339 e. The van der Waals surface area contributed by atoms with Gasteiger partial charge in [0.1, 0.15) is 11.6 Å². The van der Waals surface area contributed by atoms with Crippen LogP contribution in [-0.2, 0) is 20.3 Å². The van der Waals surface area contributed by atoms with Crippen LogP contribution < -0.4 is 5.32 Å². The fourth-order valence-electron chi connectivity index (χ4n) is 1.98. The second-order valence-corrected chi connectivity index (χ2v) is 6.59. The molecule has 0 saturated heterocycles. The Morgan fingerprint density at radius 3 is 2.60 bits per heavy atom. The van der Waals surface area contributed by atoms with E-state index in [0.29, 0.717) is 10.6 Å². The van der Waals surface area contributed by atoms with Gasteiger partial charge in [0.25, 0.3) is 5.91 Å². The molecule has 2 aromatic carbocycles. The lowest BCUT2D eigenvalue weighted by molar-refractivity contribution is -0.119. The molecule has 1 N–H and O–H groups in total. The van der Waals surface area contributed by atoms with E-state index < -0.39 is 40.9 Å². The zero-order chi connectivity index (χ0) is 18.4. The summed E-state index contributed by atoms with van der Waals surface area (Å²) in [6.07, 6.45) is 0. The van der Waals surface area contributed by atoms with E-state index in [-0.39, 0.29) is 11.3 Å². The Labute approximate surface area is 145 Å². The van der Waals surface area contributed by atoms with E-state index in [4.69, 9.17) is 4.74 Å². The van der Waals surface area contributed by atoms with Crippen molar-refractivity contribution in [1.29, 1.82) is 0 Å². The second kappa shape index (κ2) is 8.48. The molecule has 0 aliphatic heterocycles. The topological polar surface area (TPSA) is 72.5 Å². The maximum Gasteiger partial charge on any atom is 0.339 e. The van der Waals surface area contributed by atoms with Gasteiger partial charge in [-0.05, 0) is 24.3 Å². The summed E-state index contributed by atoms with van der Waals surface area (Å²) in [5, 5.41) is 2.12. The average Bonchev–Trinajstić information content (AvgIpc) is 2.62. The molecule has 0 aromatic heterocycles. The van der Waals surface area contributed by atoms with E-state index in [2.05, 4.69) is 5.32 Å². The zero-order valence-corrected chi connectivity index (χ0v) is 14.1. The summed E-state index contributed by atoms with van der Waals surface area (Å²) in [5.41, 5.74) is -0.263. The van der Waals surface area contributed by atoms with Crippen molar-refractivity contribution in [3.8, 4) is 0 Å². The summed E-state index contributed by atoms with van der Waals surface area (Å²) in [4.78, 5) is 24.2. The van der Waals surface area contributed by atoms with Crippen LogP contribution in [0.2, 0.25) is 0 Å². The van der Waals surface area contributed by atoms with Crippen LogP contribution in [0, 0.1) is 11.6 Å². The summed E-state index contributed by atoms with van der Waals surface area (Å²) in [7, 11) is -1.37. The molecule has 1 amide bonds. The lowest BCUT2D eigenvalue weighted by Gasteiger charge is -2.09. The number of amides is 1. The molecule has 5 nitrogen and oxygen atoms in total. The first-order valence-corrected chi connectivity index (χ1v) is 8.63. The molecule has 0 unspecified atom stereocenters. The highest BCUT2D eigenvalue weighted by atomic mass is 32.2. The summed E-state index contributed by atoms with van der Waals surface area (Å²) >= 11 is 0. The normalized spacial score (nSPS) is 11.6. The van der Waals surface area contributed by atoms with Crippen molar-refractivity contribution in [1.82, 2.24) is 0 Å². The van der Waals surface area contributed by atoms with Crippen LogP contribution in [-0.4, -0.2) is 28.4 Å². The molecule has 0 spiro atoms. The number of rotatable bonds is 6. The van der Waals surface area contributed by atoms with Gasteiger partial charge in [-0.2, -0.15) is 0 Å². The predicted molar refractivity (Wildman–Crippen MR) is 88.7 cm³/mol. The van der Waals surface area contributed by atoms with E-state index in [1.807, 2.05) is 0 Å².